The Morgan fingerprint density at radius 3 is 2.68 bits per heavy atom. The number of amides is 1. The largest absolute Gasteiger partial charge is 0.481 e. The van der Waals surface area contributed by atoms with Gasteiger partial charge in [-0.3, -0.25) is 9.59 Å². The van der Waals surface area contributed by atoms with Gasteiger partial charge in [-0.1, -0.05) is 17.7 Å². The van der Waals surface area contributed by atoms with Crippen molar-refractivity contribution in [2.75, 3.05) is 6.54 Å². The minimum atomic E-state index is -1.11. The summed E-state index contributed by atoms with van der Waals surface area (Å²) in [7, 11) is 0. The van der Waals surface area contributed by atoms with Crippen LogP contribution in [0.4, 0.5) is 0 Å². The third-order valence-corrected chi connectivity index (χ3v) is 2.58. The lowest BCUT2D eigenvalue weighted by molar-refractivity contribution is -0.137. The molecule has 104 valence electrons. The van der Waals surface area contributed by atoms with E-state index in [0.717, 1.165) is 0 Å². The van der Waals surface area contributed by atoms with Crippen molar-refractivity contribution in [3.63, 3.8) is 0 Å². The van der Waals surface area contributed by atoms with Crippen molar-refractivity contribution >= 4 is 23.5 Å². The Hall–Kier alpha value is -1.75. The van der Waals surface area contributed by atoms with Crippen LogP contribution in [0.15, 0.2) is 24.3 Å². The number of benzene rings is 1. The van der Waals surface area contributed by atoms with Gasteiger partial charge in [0, 0.05) is 11.6 Å². The fourth-order valence-corrected chi connectivity index (χ4v) is 1.55. The number of aliphatic carboxylic acids is 1. The molecule has 0 aliphatic carbocycles. The molecule has 0 aliphatic rings. The van der Waals surface area contributed by atoms with E-state index in [-0.39, 0.29) is 18.9 Å². The predicted octanol–water partition coefficient (Wildman–Crippen LogP) is 2.09. The number of carboxylic acid groups (broad SMARTS) is 1. The van der Waals surface area contributed by atoms with Gasteiger partial charge in [-0.2, -0.15) is 0 Å². The van der Waals surface area contributed by atoms with Gasteiger partial charge in [-0.05, 0) is 32.0 Å². The predicted molar refractivity (Wildman–Crippen MR) is 71.4 cm³/mol. The Morgan fingerprint density at radius 2 is 2.11 bits per heavy atom. The molecule has 0 spiro atoms. The zero-order chi connectivity index (χ0) is 14.5. The second kappa shape index (κ2) is 6.43. The van der Waals surface area contributed by atoms with E-state index < -0.39 is 11.6 Å². The lowest BCUT2D eigenvalue weighted by Crippen LogP contribution is -2.47. The number of hydrogen-bond acceptors (Lipinski definition) is 3. The first-order chi connectivity index (χ1) is 8.81. The molecule has 1 rings (SSSR count). The third-order valence-electron chi connectivity index (χ3n) is 2.34. The molecule has 2 N–H and O–H groups in total. The van der Waals surface area contributed by atoms with Crippen LogP contribution < -0.4 is 10.1 Å². The Labute approximate surface area is 116 Å². The summed E-state index contributed by atoms with van der Waals surface area (Å²) in [6.45, 7) is 3.27. The molecule has 6 heteroatoms. The first-order valence-corrected chi connectivity index (χ1v) is 6.14. The zero-order valence-electron chi connectivity index (χ0n) is 10.8. The molecule has 1 aromatic carbocycles. The maximum atomic E-state index is 11.9. The van der Waals surface area contributed by atoms with Crippen LogP contribution in [0.3, 0.4) is 0 Å². The summed E-state index contributed by atoms with van der Waals surface area (Å²) in [6.07, 6.45) is -0.126. The highest BCUT2D eigenvalue weighted by atomic mass is 35.5. The van der Waals surface area contributed by atoms with Gasteiger partial charge in [0.2, 0.25) is 0 Å². The third kappa shape index (κ3) is 5.18. The standard InChI is InChI=1S/C13H16ClNO4/c1-13(2,12(18)15-7-6-11(16)17)19-10-5-3-4-9(14)8-10/h3-5,8H,6-7H2,1-2H3,(H,15,18)(H,16,17). The van der Waals surface area contributed by atoms with E-state index in [0.29, 0.717) is 10.8 Å². The fourth-order valence-electron chi connectivity index (χ4n) is 1.37. The number of nitrogens with one attached hydrogen (secondary N) is 1. The lowest BCUT2D eigenvalue weighted by Gasteiger charge is -2.25. The molecule has 0 saturated heterocycles. The van der Waals surface area contributed by atoms with Crippen LogP contribution in [0.5, 0.6) is 5.75 Å². The van der Waals surface area contributed by atoms with Crippen molar-refractivity contribution in [3.8, 4) is 5.75 Å². The van der Waals surface area contributed by atoms with E-state index in [2.05, 4.69) is 5.32 Å². The SMILES string of the molecule is CC(C)(Oc1cccc(Cl)c1)C(=O)NCCC(=O)O. The first-order valence-electron chi connectivity index (χ1n) is 5.76. The highest BCUT2D eigenvalue weighted by molar-refractivity contribution is 6.30. The number of carboxylic acids is 1. The summed E-state index contributed by atoms with van der Waals surface area (Å²) in [5, 5.41) is 11.5. The lowest BCUT2D eigenvalue weighted by atomic mass is 10.1. The fraction of sp³-hybridized carbons (Fsp3) is 0.385. The van der Waals surface area contributed by atoms with Crippen molar-refractivity contribution < 1.29 is 19.4 Å². The van der Waals surface area contributed by atoms with Crippen LogP contribution in [0.1, 0.15) is 20.3 Å². The molecule has 0 atom stereocenters. The van der Waals surface area contributed by atoms with E-state index in [1.54, 1.807) is 38.1 Å². The van der Waals surface area contributed by atoms with E-state index in [1.807, 2.05) is 0 Å². The highest BCUT2D eigenvalue weighted by Crippen LogP contribution is 2.22. The molecule has 0 saturated carbocycles. The summed E-state index contributed by atoms with van der Waals surface area (Å²) in [6, 6.07) is 6.72. The average Bonchev–Trinajstić information content (AvgIpc) is 2.27. The van der Waals surface area contributed by atoms with Gasteiger partial charge in [0.25, 0.3) is 5.91 Å². The normalized spacial score (nSPS) is 10.9. The Balaban J connectivity index is 2.59. The van der Waals surface area contributed by atoms with Gasteiger partial charge >= 0.3 is 5.97 Å². The molecule has 0 aliphatic heterocycles. The second-order valence-electron chi connectivity index (χ2n) is 4.47. The quantitative estimate of drug-likeness (QED) is 0.839. The Morgan fingerprint density at radius 1 is 1.42 bits per heavy atom. The number of rotatable bonds is 6. The Bertz CT molecular complexity index is 473. The molecule has 0 aromatic heterocycles. The van der Waals surface area contributed by atoms with Crippen molar-refractivity contribution in [1.82, 2.24) is 5.32 Å². The van der Waals surface area contributed by atoms with Crippen molar-refractivity contribution in [3.05, 3.63) is 29.3 Å². The van der Waals surface area contributed by atoms with Gasteiger partial charge in [0.05, 0.1) is 6.42 Å². The van der Waals surface area contributed by atoms with Gasteiger partial charge in [-0.15, -0.1) is 0 Å². The van der Waals surface area contributed by atoms with Crippen LogP contribution in [0, 0.1) is 0 Å². The molecule has 0 fully saturated rings. The van der Waals surface area contributed by atoms with Crippen molar-refractivity contribution in [2.45, 2.75) is 25.9 Å². The van der Waals surface area contributed by atoms with E-state index >= 15 is 0 Å². The molecule has 0 bridgehead atoms. The number of carbonyl (C=O) groups is 2. The number of carbonyl (C=O) groups excluding carboxylic acids is 1. The van der Waals surface area contributed by atoms with Gasteiger partial charge in [0.1, 0.15) is 5.75 Å². The molecule has 5 nitrogen and oxygen atoms in total. The van der Waals surface area contributed by atoms with Crippen LogP contribution in [0.25, 0.3) is 0 Å². The smallest absolute Gasteiger partial charge is 0.305 e. The number of ether oxygens (including phenoxy) is 1. The zero-order valence-corrected chi connectivity index (χ0v) is 11.5. The molecule has 1 aromatic rings. The minimum absolute atomic E-state index is 0.0660. The van der Waals surface area contributed by atoms with E-state index in [9.17, 15) is 9.59 Å². The maximum Gasteiger partial charge on any atom is 0.305 e. The highest BCUT2D eigenvalue weighted by Gasteiger charge is 2.29. The average molecular weight is 286 g/mol. The monoisotopic (exact) mass is 285 g/mol. The van der Waals surface area contributed by atoms with Gasteiger partial charge in [-0.25, -0.2) is 0 Å². The van der Waals surface area contributed by atoms with E-state index in [1.165, 1.54) is 0 Å². The second-order valence-corrected chi connectivity index (χ2v) is 4.91. The molecule has 0 radical (unpaired) electrons. The van der Waals surface area contributed by atoms with Gasteiger partial charge in [0.15, 0.2) is 5.60 Å². The molecule has 0 heterocycles. The van der Waals surface area contributed by atoms with Crippen LogP contribution in [0.2, 0.25) is 5.02 Å². The Kier molecular flexibility index (Phi) is 5.18. The van der Waals surface area contributed by atoms with Gasteiger partial charge < -0.3 is 15.2 Å². The van der Waals surface area contributed by atoms with Crippen molar-refractivity contribution in [2.24, 2.45) is 0 Å². The van der Waals surface area contributed by atoms with Crippen molar-refractivity contribution in [1.29, 1.82) is 0 Å². The van der Waals surface area contributed by atoms with Crippen LogP contribution in [-0.2, 0) is 9.59 Å². The van der Waals surface area contributed by atoms with E-state index in [4.69, 9.17) is 21.4 Å². The summed E-state index contributed by atoms with van der Waals surface area (Å²) in [5.74, 6) is -0.867. The summed E-state index contributed by atoms with van der Waals surface area (Å²) < 4.78 is 5.56. The molecular weight excluding hydrogens is 270 g/mol. The molecule has 19 heavy (non-hydrogen) atoms. The summed E-state index contributed by atoms with van der Waals surface area (Å²) in [4.78, 5) is 22.2. The van der Waals surface area contributed by atoms with Crippen LogP contribution >= 0.6 is 11.6 Å². The minimum Gasteiger partial charge on any atom is -0.481 e. The maximum absolute atomic E-state index is 11.9. The summed E-state index contributed by atoms with van der Waals surface area (Å²) >= 11 is 5.83. The molecule has 0 unspecified atom stereocenters. The summed E-state index contributed by atoms with van der Waals surface area (Å²) in [5.41, 5.74) is -1.11. The topological polar surface area (TPSA) is 75.6 Å². The number of halogens is 1. The molecule has 1 amide bonds. The molecular formula is C13H16ClNO4. The number of hydrogen-bond donors (Lipinski definition) is 2. The van der Waals surface area contributed by atoms with Crippen LogP contribution in [-0.4, -0.2) is 29.1 Å². The first kappa shape index (κ1) is 15.3.